The van der Waals surface area contributed by atoms with E-state index in [2.05, 4.69) is 5.32 Å². The summed E-state index contributed by atoms with van der Waals surface area (Å²) in [6.07, 6.45) is 1.55. The molecule has 5 heteroatoms. The zero-order valence-corrected chi connectivity index (χ0v) is 18.5. The molecule has 0 aromatic heterocycles. The first-order valence-corrected chi connectivity index (χ1v) is 10.4. The van der Waals surface area contributed by atoms with Gasteiger partial charge in [-0.25, -0.2) is 0 Å². The van der Waals surface area contributed by atoms with Gasteiger partial charge in [0.1, 0.15) is 18.2 Å². The molecule has 3 aromatic rings. The summed E-state index contributed by atoms with van der Waals surface area (Å²) in [5, 5.41) is 12.4. The first-order valence-electron chi connectivity index (χ1n) is 10.4. The number of amides is 1. The second-order valence-corrected chi connectivity index (χ2v) is 7.36. The molecular weight excluding hydrogens is 400 g/mol. The average Bonchev–Trinajstić information content (AvgIpc) is 2.80. The van der Waals surface area contributed by atoms with E-state index in [-0.39, 0.29) is 5.57 Å². The Hall–Kier alpha value is -4.04. The average molecular weight is 427 g/mol. The van der Waals surface area contributed by atoms with Gasteiger partial charge >= 0.3 is 0 Å². The number of carbonyl (C=O) groups excluding carboxylic acids is 1. The molecule has 0 heterocycles. The Bertz CT molecular complexity index is 1160. The maximum atomic E-state index is 12.7. The fourth-order valence-electron chi connectivity index (χ4n) is 3.11. The van der Waals surface area contributed by atoms with E-state index in [0.717, 1.165) is 16.7 Å². The number of anilines is 1. The second kappa shape index (κ2) is 10.8. The van der Waals surface area contributed by atoms with E-state index in [9.17, 15) is 10.1 Å². The van der Waals surface area contributed by atoms with Crippen molar-refractivity contribution in [2.45, 2.75) is 27.4 Å². The van der Waals surface area contributed by atoms with Gasteiger partial charge in [0, 0.05) is 5.69 Å². The molecular formula is C27H26N2O3. The molecule has 0 saturated carbocycles. The molecule has 3 rings (SSSR count). The molecule has 0 fully saturated rings. The van der Waals surface area contributed by atoms with Gasteiger partial charge in [0.25, 0.3) is 5.91 Å². The normalized spacial score (nSPS) is 10.9. The molecule has 32 heavy (non-hydrogen) atoms. The fourth-order valence-corrected chi connectivity index (χ4v) is 3.11. The van der Waals surface area contributed by atoms with Crippen LogP contribution in [0.2, 0.25) is 0 Å². The van der Waals surface area contributed by atoms with Crippen LogP contribution in [0.15, 0.2) is 72.3 Å². The maximum Gasteiger partial charge on any atom is 0.266 e. The molecule has 0 aliphatic carbocycles. The third kappa shape index (κ3) is 5.99. The van der Waals surface area contributed by atoms with Crippen LogP contribution in [0.1, 0.15) is 29.2 Å². The van der Waals surface area contributed by atoms with Crippen molar-refractivity contribution in [2.75, 3.05) is 11.9 Å². The van der Waals surface area contributed by atoms with Gasteiger partial charge in [0.2, 0.25) is 0 Å². The summed E-state index contributed by atoms with van der Waals surface area (Å²) in [4.78, 5) is 12.7. The van der Waals surface area contributed by atoms with E-state index in [1.807, 2.05) is 75.4 Å². The Morgan fingerprint density at radius 2 is 1.78 bits per heavy atom. The highest BCUT2D eigenvalue weighted by molar-refractivity contribution is 6.10. The number of benzene rings is 3. The van der Waals surface area contributed by atoms with Crippen LogP contribution in [0.5, 0.6) is 11.5 Å². The highest BCUT2D eigenvalue weighted by atomic mass is 16.5. The van der Waals surface area contributed by atoms with Crippen LogP contribution in [0, 0.1) is 25.2 Å². The molecule has 0 bridgehead atoms. The minimum Gasteiger partial charge on any atom is -0.490 e. The van der Waals surface area contributed by atoms with Gasteiger partial charge in [-0.1, -0.05) is 48.5 Å². The summed E-state index contributed by atoms with van der Waals surface area (Å²) in [6, 6.07) is 23.0. The Balaban J connectivity index is 1.80. The number of rotatable bonds is 8. The molecule has 0 aliphatic heterocycles. The highest BCUT2D eigenvalue weighted by Gasteiger charge is 2.13. The third-order valence-electron chi connectivity index (χ3n) is 4.82. The summed E-state index contributed by atoms with van der Waals surface area (Å²) in [6.45, 7) is 6.63. The number of carbonyl (C=O) groups is 1. The van der Waals surface area contributed by atoms with Gasteiger partial charge < -0.3 is 14.8 Å². The number of hydrogen-bond acceptors (Lipinski definition) is 4. The number of hydrogen-bond donors (Lipinski definition) is 1. The van der Waals surface area contributed by atoms with Crippen molar-refractivity contribution in [3.63, 3.8) is 0 Å². The summed E-state index contributed by atoms with van der Waals surface area (Å²) in [7, 11) is 0. The molecule has 0 radical (unpaired) electrons. The van der Waals surface area contributed by atoms with Crippen molar-refractivity contribution < 1.29 is 14.3 Å². The molecule has 3 aromatic carbocycles. The quantitative estimate of drug-likeness (QED) is 0.363. The van der Waals surface area contributed by atoms with Crippen molar-refractivity contribution >= 4 is 17.7 Å². The van der Waals surface area contributed by atoms with Crippen LogP contribution in [0.25, 0.3) is 6.08 Å². The van der Waals surface area contributed by atoms with Crippen molar-refractivity contribution in [3.8, 4) is 17.6 Å². The molecule has 0 spiro atoms. The smallest absolute Gasteiger partial charge is 0.266 e. The van der Waals surface area contributed by atoms with E-state index < -0.39 is 5.91 Å². The fraction of sp³-hybridized carbons (Fsp3) is 0.185. The summed E-state index contributed by atoms with van der Waals surface area (Å²) in [5.41, 5.74) is 4.38. The number of aryl methyl sites for hydroxylation is 2. The minimum absolute atomic E-state index is 0.00584. The predicted octanol–water partition coefficient (Wildman–Crippen LogP) is 5.83. The first kappa shape index (κ1) is 22.6. The topological polar surface area (TPSA) is 71.3 Å². The summed E-state index contributed by atoms with van der Waals surface area (Å²) < 4.78 is 11.7. The van der Waals surface area contributed by atoms with Gasteiger partial charge in [-0.15, -0.1) is 0 Å². The van der Waals surface area contributed by atoms with Gasteiger partial charge in [-0.3, -0.25) is 4.79 Å². The van der Waals surface area contributed by atoms with Crippen LogP contribution in [-0.4, -0.2) is 12.5 Å². The zero-order chi connectivity index (χ0) is 22.9. The molecule has 0 saturated heterocycles. The number of ether oxygens (including phenoxy) is 2. The van der Waals surface area contributed by atoms with Gasteiger partial charge in [-0.05, 0) is 67.3 Å². The molecule has 5 nitrogen and oxygen atoms in total. The molecule has 0 unspecified atom stereocenters. The zero-order valence-electron chi connectivity index (χ0n) is 18.5. The van der Waals surface area contributed by atoms with E-state index in [1.54, 1.807) is 24.3 Å². The summed E-state index contributed by atoms with van der Waals surface area (Å²) in [5.74, 6) is 0.708. The number of nitrogens with one attached hydrogen (secondary N) is 1. The first-order chi connectivity index (χ1) is 15.5. The van der Waals surface area contributed by atoms with Crippen LogP contribution in [0.4, 0.5) is 5.69 Å². The standard InChI is InChI=1S/C27H26N2O3/c1-4-31-26-16-22(12-13-25(26)32-18-21-8-6-5-7-9-21)15-23(17-28)27(30)29-24-14-19(2)10-11-20(24)3/h5-16H,4,18H2,1-3H3,(H,29,30)/b23-15-. The number of nitriles is 1. The third-order valence-corrected chi connectivity index (χ3v) is 4.82. The van der Waals surface area contributed by atoms with Crippen molar-refractivity contribution in [1.82, 2.24) is 0 Å². The van der Waals surface area contributed by atoms with E-state index in [4.69, 9.17) is 9.47 Å². The van der Waals surface area contributed by atoms with Crippen LogP contribution in [-0.2, 0) is 11.4 Å². The predicted molar refractivity (Wildman–Crippen MR) is 127 cm³/mol. The largest absolute Gasteiger partial charge is 0.490 e. The lowest BCUT2D eigenvalue weighted by molar-refractivity contribution is -0.112. The molecule has 0 atom stereocenters. The molecule has 162 valence electrons. The number of nitrogens with zero attached hydrogens (tertiary/aromatic N) is 1. The summed E-state index contributed by atoms with van der Waals surface area (Å²) >= 11 is 0. The highest BCUT2D eigenvalue weighted by Crippen LogP contribution is 2.30. The Morgan fingerprint density at radius 3 is 2.50 bits per heavy atom. The molecule has 1 N–H and O–H groups in total. The maximum absolute atomic E-state index is 12.7. The lowest BCUT2D eigenvalue weighted by Crippen LogP contribution is -2.14. The monoisotopic (exact) mass is 426 g/mol. The van der Waals surface area contributed by atoms with Crippen LogP contribution < -0.4 is 14.8 Å². The Kier molecular flexibility index (Phi) is 7.66. The Labute approximate surface area is 188 Å². The molecule has 0 aliphatic rings. The van der Waals surface area contributed by atoms with Gasteiger partial charge in [0.15, 0.2) is 11.5 Å². The van der Waals surface area contributed by atoms with Crippen molar-refractivity contribution in [1.29, 1.82) is 5.26 Å². The van der Waals surface area contributed by atoms with Gasteiger partial charge in [-0.2, -0.15) is 5.26 Å². The van der Waals surface area contributed by atoms with E-state index in [1.165, 1.54) is 0 Å². The Morgan fingerprint density at radius 1 is 1.00 bits per heavy atom. The van der Waals surface area contributed by atoms with Gasteiger partial charge in [0.05, 0.1) is 6.61 Å². The minimum atomic E-state index is -0.455. The molecule has 1 amide bonds. The lowest BCUT2D eigenvalue weighted by Gasteiger charge is -2.13. The second-order valence-electron chi connectivity index (χ2n) is 7.36. The van der Waals surface area contributed by atoms with Crippen molar-refractivity contribution in [2.24, 2.45) is 0 Å². The lowest BCUT2D eigenvalue weighted by atomic mass is 10.1. The van der Waals surface area contributed by atoms with Crippen LogP contribution >= 0.6 is 0 Å². The SMILES string of the molecule is CCOc1cc(/C=C(/C#N)C(=O)Nc2cc(C)ccc2C)ccc1OCc1ccccc1. The van der Waals surface area contributed by atoms with Crippen molar-refractivity contribution in [3.05, 3.63) is 94.6 Å². The van der Waals surface area contributed by atoms with E-state index >= 15 is 0 Å². The van der Waals surface area contributed by atoms with Crippen LogP contribution in [0.3, 0.4) is 0 Å². The van der Waals surface area contributed by atoms with E-state index in [0.29, 0.717) is 36.0 Å².